The first-order valence-electron chi connectivity index (χ1n) is 3.84. The Morgan fingerprint density at radius 1 is 1.43 bits per heavy atom. The number of thioether (sulfide) groups is 1. The van der Waals surface area contributed by atoms with Crippen molar-refractivity contribution in [1.29, 1.82) is 0 Å². The summed E-state index contributed by atoms with van der Waals surface area (Å²) in [5.41, 5.74) is 6.18. The molecule has 14 heavy (non-hydrogen) atoms. The van der Waals surface area contributed by atoms with Gasteiger partial charge in [-0.15, -0.1) is 24.2 Å². The summed E-state index contributed by atoms with van der Waals surface area (Å²) >= 11 is 1.31. The summed E-state index contributed by atoms with van der Waals surface area (Å²) in [5.74, 6) is -0.804. The van der Waals surface area contributed by atoms with Crippen molar-refractivity contribution in [1.82, 2.24) is 0 Å². The van der Waals surface area contributed by atoms with E-state index in [-0.39, 0.29) is 12.4 Å². The first kappa shape index (κ1) is 13.1. The summed E-state index contributed by atoms with van der Waals surface area (Å²) in [6.07, 6.45) is 0. The van der Waals surface area contributed by atoms with Gasteiger partial charge in [0.25, 0.3) is 0 Å². The molecular formula is C9H12ClNO2S. The van der Waals surface area contributed by atoms with Gasteiger partial charge in [-0.2, -0.15) is 0 Å². The Hall–Kier alpha value is -0.870. The lowest BCUT2D eigenvalue weighted by molar-refractivity contribution is -0.136. The Kier molecular flexibility index (Phi) is 5.42. The fourth-order valence-corrected chi connectivity index (χ4v) is 1.60. The lowest BCUT2D eigenvalue weighted by Crippen LogP contribution is -2.10. The Morgan fingerprint density at radius 2 is 1.93 bits per heavy atom. The average Bonchev–Trinajstić information content (AvgIpc) is 2.08. The summed E-state index contributed by atoms with van der Waals surface area (Å²) in [4.78, 5) is 11.4. The van der Waals surface area contributed by atoms with E-state index in [1.807, 2.05) is 12.1 Å². The molecule has 0 aliphatic heterocycles. The molecule has 5 heteroatoms. The number of carbonyl (C=O) groups is 1. The number of benzene rings is 1. The molecule has 0 radical (unpaired) electrons. The largest absolute Gasteiger partial charge is 0.480 e. The minimum Gasteiger partial charge on any atom is -0.480 e. The van der Waals surface area contributed by atoms with Crippen molar-refractivity contribution in [3.63, 3.8) is 0 Å². The van der Waals surface area contributed by atoms with E-state index in [2.05, 4.69) is 0 Å². The minimum absolute atomic E-state index is 0. The maximum absolute atomic E-state index is 10.5. The highest BCUT2D eigenvalue weighted by molar-refractivity contribution is 8.00. The van der Waals surface area contributed by atoms with E-state index >= 15 is 0 Å². The molecule has 0 aliphatic carbocycles. The van der Waals surface area contributed by atoms with Crippen molar-refractivity contribution in [2.24, 2.45) is 0 Å². The van der Waals surface area contributed by atoms with Crippen LogP contribution in [0.3, 0.4) is 0 Å². The molecule has 3 nitrogen and oxygen atoms in total. The maximum Gasteiger partial charge on any atom is 0.316 e. The zero-order chi connectivity index (χ0) is 9.84. The van der Waals surface area contributed by atoms with Crippen LogP contribution in [0, 0.1) is 0 Å². The van der Waals surface area contributed by atoms with E-state index < -0.39 is 11.2 Å². The number of nitrogen functional groups attached to an aromatic ring is 1. The van der Waals surface area contributed by atoms with Crippen LogP contribution in [-0.4, -0.2) is 16.3 Å². The van der Waals surface area contributed by atoms with Gasteiger partial charge in [-0.25, -0.2) is 0 Å². The summed E-state index contributed by atoms with van der Waals surface area (Å²) in [7, 11) is 0. The van der Waals surface area contributed by atoms with Gasteiger partial charge in [0.1, 0.15) is 5.25 Å². The molecule has 0 aliphatic rings. The van der Waals surface area contributed by atoms with Crippen molar-refractivity contribution < 1.29 is 9.90 Å². The van der Waals surface area contributed by atoms with Crippen molar-refractivity contribution >= 4 is 35.8 Å². The molecule has 0 heterocycles. The highest BCUT2D eigenvalue weighted by Crippen LogP contribution is 2.23. The van der Waals surface area contributed by atoms with Crippen LogP contribution in [0.4, 0.5) is 5.69 Å². The molecule has 1 aromatic rings. The van der Waals surface area contributed by atoms with Gasteiger partial charge in [0, 0.05) is 10.6 Å². The third kappa shape index (κ3) is 3.89. The Labute approximate surface area is 93.1 Å². The van der Waals surface area contributed by atoms with E-state index in [1.54, 1.807) is 19.1 Å². The zero-order valence-corrected chi connectivity index (χ0v) is 9.27. The lowest BCUT2D eigenvalue weighted by atomic mass is 10.3. The van der Waals surface area contributed by atoms with Gasteiger partial charge in [-0.05, 0) is 31.2 Å². The summed E-state index contributed by atoms with van der Waals surface area (Å²) in [5, 5.41) is 8.23. The quantitative estimate of drug-likeness (QED) is 0.621. The number of anilines is 1. The van der Waals surface area contributed by atoms with E-state index in [0.29, 0.717) is 5.69 Å². The van der Waals surface area contributed by atoms with Gasteiger partial charge in [0.05, 0.1) is 0 Å². The maximum atomic E-state index is 10.5. The molecule has 0 aromatic heterocycles. The average molecular weight is 234 g/mol. The minimum atomic E-state index is -0.804. The van der Waals surface area contributed by atoms with E-state index in [4.69, 9.17) is 10.8 Å². The molecule has 0 bridgehead atoms. The second-order valence-electron chi connectivity index (χ2n) is 2.67. The number of halogens is 1. The summed E-state index contributed by atoms with van der Waals surface area (Å²) in [6, 6.07) is 7.16. The van der Waals surface area contributed by atoms with Crippen molar-refractivity contribution in [2.75, 3.05) is 5.73 Å². The highest BCUT2D eigenvalue weighted by Gasteiger charge is 2.11. The molecular weight excluding hydrogens is 222 g/mol. The van der Waals surface area contributed by atoms with Crippen LogP contribution in [0.1, 0.15) is 6.92 Å². The van der Waals surface area contributed by atoms with Crippen LogP contribution >= 0.6 is 24.2 Å². The monoisotopic (exact) mass is 233 g/mol. The number of hydrogen-bond donors (Lipinski definition) is 2. The van der Waals surface area contributed by atoms with Gasteiger partial charge in [-0.1, -0.05) is 0 Å². The van der Waals surface area contributed by atoms with Gasteiger partial charge >= 0.3 is 5.97 Å². The van der Waals surface area contributed by atoms with E-state index in [9.17, 15) is 4.79 Å². The Morgan fingerprint density at radius 3 is 2.36 bits per heavy atom. The lowest BCUT2D eigenvalue weighted by Gasteiger charge is -2.05. The van der Waals surface area contributed by atoms with Crippen LogP contribution in [0.2, 0.25) is 0 Å². The molecule has 1 unspecified atom stereocenters. The first-order valence-corrected chi connectivity index (χ1v) is 4.72. The molecule has 1 atom stereocenters. The fraction of sp³-hybridized carbons (Fsp3) is 0.222. The van der Waals surface area contributed by atoms with Gasteiger partial charge in [0.15, 0.2) is 0 Å². The second-order valence-corrected chi connectivity index (χ2v) is 4.08. The molecule has 0 amide bonds. The molecule has 0 saturated heterocycles. The standard InChI is InChI=1S/C9H11NO2S.ClH/c1-6(9(11)12)13-8-4-2-7(10)3-5-8;/h2-6H,10H2,1H3,(H,11,12);1H. The molecule has 1 aromatic carbocycles. The topological polar surface area (TPSA) is 63.3 Å². The van der Waals surface area contributed by atoms with Crippen molar-refractivity contribution in [2.45, 2.75) is 17.1 Å². The Bertz CT molecular complexity index is 302. The van der Waals surface area contributed by atoms with Crippen LogP contribution < -0.4 is 5.73 Å². The summed E-state index contributed by atoms with van der Waals surface area (Å²) in [6.45, 7) is 1.66. The second kappa shape index (κ2) is 5.78. The van der Waals surface area contributed by atoms with Gasteiger partial charge in [-0.3, -0.25) is 4.79 Å². The van der Waals surface area contributed by atoms with Crippen molar-refractivity contribution in [3.05, 3.63) is 24.3 Å². The number of aliphatic carboxylic acids is 1. The number of carboxylic acids is 1. The number of rotatable bonds is 3. The van der Waals surface area contributed by atoms with Crippen LogP contribution in [-0.2, 0) is 4.79 Å². The van der Waals surface area contributed by atoms with E-state index in [0.717, 1.165) is 4.90 Å². The molecule has 78 valence electrons. The number of hydrogen-bond acceptors (Lipinski definition) is 3. The van der Waals surface area contributed by atoms with Gasteiger partial charge in [0.2, 0.25) is 0 Å². The molecule has 0 spiro atoms. The number of carboxylic acid groups (broad SMARTS) is 1. The third-order valence-corrected chi connectivity index (χ3v) is 2.64. The van der Waals surface area contributed by atoms with E-state index in [1.165, 1.54) is 11.8 Å². The Balaban J connectivity index is 0.00000169. The first-order chi connectivity index (χ1) is 6.09. The smallest absolute Gasteiger partial charge is 0.316 e. The number of nitrogens with two attached hydrogens (primary N) is 1. The van der Waals surface area contributed by atoms with Crippen molar-refractivity contribution in [3.8, 4) is 0 Å². The van der Waals surface area contributed by atoms with Gasteiger partial charge < -0.3 is 10.8 Å². The molecule has 1 rings (SSSR count). The SMILES string of the molecule is CC(Sc1ccc(N)cc1)C(=O)O.Cl. The van der Waals surface area contributed by atoms with Crippen LogP contribution in [0.15, 0.2) is 29.2 Å². The summed E-state index contributed by atoms with van der Waals surface area (Å²) < 4.78 is 0. The zero-order valence-electron chi connectivity index (χ0n) is 7.64. The highest BCUT2D eigenvalue weighted by atomic mass is 35.5. The predicted molar refractivity (Wildman–Crippen MR) is 61.1 cm³/mol. The normalized spacial score (nSPS) is 11.5. The predicted octanol–water partition coefficient (Wildman–Crippen LogP) is 2.26. The van der Waals surface area contributed by atoms with Crippen LogP contribution in [0.5, 0.6) is 0 Å². The third-order valence-electron chi connectivity index (χ3n) is 1.54. The fourth-order valence-electron chi connectivity index (χ4n) is 0.801. The van der Waals surface area contributed by atoms with Crippen LogP contribution in [0.25, 0.3) is 0 Å². The molecule has 0 saturated carbocycles. The molecule has 0 fully saturated rings. The molecule has 3 N–H and O–H groups in total.